The maximum atomic E-state index is 13.3. The molecule has 160 valence electrons. The largest absolute Gasteiger partial charge is 0.508 e. The molecule has 1 aromatic carbocycles. The third-order valence-corrected chi connectivity index (χ3v) is 6.00. The minimum absolute atomic E-state index is 0.0162. The van der Waals surface area contributed by atoms with Crippen LogP contribution in [0.5, 0.6) is 5.75 Å². The van der Waals surface area contributed by atoms with E-state index in [1.165, 1.54) is 24.3 Å². The van der Waals surface area contributed by atoms with Crippen molar-refractivity contribution in [3.05, 3.63) is 53.0 Å². The van der Waals surface area contributed by atoms with Gasteiger partial charge in [0.25, 0.3) is 5.91 Å². The van der Waals surface area contributed by atoms with Crippen molar-refractivity contribution in [2.75, 3.05) is 5.75 Å². The number of carbonyl (C=O) groups excluding carboxylic acids is 2. The summed E-state index contributed by atoms with van der Waals surface area (Å²) in [5.74, 6) is -4.90. The average molecular weight is 443 g/mol. The average Bonchev–Trinajstić information content (AvgIpc) is 2.71. The van der Waals surface area contributed by atoms with Crippen molar-refractivity contribution in [2.45, 2.75) is 23.9 Å². The highest BCUT2D eigenvalue weighted by Gasteiger charge is 2.54. The van der Waals surface area contributed by atoms with Crippen LogP contribution in [0.3, 0.4) is 0 Å². The Bertz CT molecular complexity index is 962. The van der Waals surface area contributed by atoms with E-state index in [0.717, 1.165) is 16.7 Å². The van der Waals surface area contributed by atoms with E-state index in [9.17, 15) is 37.8 Å². The molecule has 0 saturated carbocycles. The van der Waals surface area contributed by atoms with Gasteiger partial charge < -0.3 is 21.3 Å². The fraction of sp³-hybridized carbons (Fsp3) is 0.278. The van der Waals surface area contributed by atoms with E-state index >= 15 is 0 Å². The predicted molar refractivity (Wildman–Crippen MR) is 99.7 cm³/mol. The number of aliphatic carboxylic acids is 1. The van der Waals surface area contributed by atoms with E-state index in [4.69, 9.17) is 5.73 Å². The number of hydrogen-bond acceptors (Lipinski definition) is 6. The summed E-state index contributed by atoms with van der Waals surface area (Å²) in [7, 11) is 0. The van der Waals surface area contributed by atoms with E-state index in [0.29, 0.717) is 5.56 Å². The molecule has 2 aliphatic heterocycles. The molecule has 5 N–H and O–H groups in total. The fourth-order valence-electron chi connectivity index (χ4n) is 3.15. The summed E-state index contributed by atoms with van der Waals surface area (Å²) < 4.78 is 38.1. The molecule has 0 bridgehead atoms. The number of fused-ring (bicyclic) bond motifs is 1. The van der Waals surface area contributed by atoms with Crippen LogP contribution in [-0.4, -0.2) is 50.1 Å². The van der Waals surface area contributed by atoms with Gasteiger partial charge in [0.1, 0.15) is 28.9 Å². The third kappa shape index (κ3) is 4.00. The van der Waals surface area contributed by atoms with Gasteiger partial charge in [-0.25, -0.2) is 9.18 Å². The first kappa shape index (κ1) is 21.7. The van der Waals surface area contributed by atoms with Crippen LogP contribution in [0, 0.1) is 0 Å². The van der Waals surface area contributed by atoms with Gasteiger partial charge in [0.05, 0.1) is 0 Å². The molecular formula is C18H16F3N3O5S. The Morgan fingerprint density at radius 2 is 1.90 bits per heavy atom. The van der Waals surface area contributed by atoms with Crippen molar-refractivity contribution in [3.63, 3.8) is 0 Å². The molecule has 0 radical (unpaired) electrons. The van der Waals surface area contributed by atoms with Crippen LogP contribution < -0.4 is 11.1 Å². The lowest BCUT2D eigenvalue weighted by molar-refractivity contribution is -0.150. The number of amides is 2. The van der Waals surface area contributed by atoms with Crippen molar-refractivity contribution >= 4 is 29.5 Å². The summed E-state index contributed by atoms with van der Waals surface area (Å²) in [4.78, 5) is 37.3. The summed E-state index contributed by atoms with van der Waals surface area (Å²) >= 11 is 1.02. The highest BCUT2D eigenvalue weighted by atomic mass is 32.2. The summed E-state index contributed by atoms with van der Waals surface area (Å²) in [6, 6.07) is 3.35. The predicted octanol–water partition coefficient (Wildman–Crippen LogP) is 1.60. The molecular weight excluding hydrogens is 427 g/mol. The summed E-state index contributed by atoms with van der Waals surface area (Å²) in [5.41, 5.74) is 5.53. The summed E-state index contributed by atoms with van der Waals surface area (Å²) in [6.45, 7) is 0. The number of phenolic OH excluding ortho intramolecular Hbond substituents is 1. The molecule has 1 fully saturated rings. The maximum absolute atomic E-state index is 13.3. The smallest absolute Gasteiger partial charge is 0.352 e. The molecule has 30 heavy (non-hydrogen) atoms. The van der Waals surface area contributed by atoms with Crippen LogP contribution in [0.15, 0.2) is 47.4 Å². The van der Waals surface area contributed by atoms with Crippen LogP contribution in [0.4, 0.5) is 13.2 Å². The van der Waals surface area contributed by atoms with E-state index in [-0.39, 0.29) is 17.1 Å². The van der Waals surface area contributed by atoms with Crippen molar-refractivity contribution in [3.8, 4) is 5.75 Å². The lowest BCUT2D eigenvalue weighted by Crippen LogP contribution is -2.71. The van der Waals surface area contributed by atoms with Gasteiger partial charge >= 0.3 is 12.0 Å². The Hall–Kier alpha value is -2.99. The van der Waals surface area contributed by atoms with Crippen LogP contribution >= 0.6 is 11.8 Å². The number of β-lactam (4-membered cyclic amide) rings is 1. The Balaban J connectivity index is 1.75. The van der Waals surface area contributed by atoms with Crippen molar-refractivity contribution in [1.82, 2.24) is 10.2 Å². The minimum atomic E-state index is -2.55. The summed E-state index contributed by atoms with van der Waals surface area (Å²) in [5, 5.41) is 20.4. The van der Waals surface area contributed by atoms with E-state index in [2.05, 4.69) is 5.32 Å². The van der Waals surface area contributed by atoms with Crippen molar-refractivity contribution in [1.29, 1.82) is 0 Å². The zero-order chi connectivity index (χ0) is 22.2. The lowest BCUT2D eigenvalue weighted by atomic mass is 10.00. The Kier molecular flexibility index (Phi) is 6.08. The minimum Gasteiger partial charge on any atom is -0.508 e. The summed E-state index contributed by atoms with van der Waals surface area (Å²) in [6.07, 6.45) is -3.47. The van der Waals surface area contributed by atoms with Crippen LogP contribution in [0.2, 0.25) is 0 Å². The Morgan fingerprint density at radius 1 is 1.27 bits per heavy atom. The second-order valence-corrected chi connectivity index (χ2v) is 7.67. The number of phenols is 1. The number of halogens is 3. The molecule has 12 heteroatoms. The zero-order valence-corrected chi connectivity index (χ0v) is 16.0. The number of aromatic hydroxyl groups is 1. The quantitative estimate of drug-likeness (QED) is 0.491. The molecule has 1 aromatic rings. The van der Waals surface area contributed by atoms with Crippen molar-refractivity contribution in [2.24, 2.45) is 5.73 Å². The molecule has 3 rings (SSSR count). The van der Waals surface area contributed by atoms with E-state index in [1.807, 2.05) is 0 Å². The van der Waals surface area contributed by atoms with Crippen LogP contribution in [0.25, 0.3) is 0 Å². The molecule has 0 aromatic heterocycles. The van der Waals surface area contributed by atoms with Gasteiger partial charge in [0.15, 0.2) is 5.83 Å². The second kappa shape index (κ2) is 8.40. The highest BCUT2D eigenvalue weighted by molar-refractivity contribution is 8.00. The molecule has 0 spiro atoms. The number of carboxylic acid groups (broad SMARTS) is 1. The maximum Gasteiger partial charge on any atom is 0.352 e. The van der Waals surface area contributed by atoms with Crippen LogP contribution in [0.1, 0.15) is 18.0 Å². The van der Waals surface area contributed by atoms with Gasteiger partial charge in [-0.2, -0.15) is 8.78 Å². The lowest BCUT2D eigenvalue weighted by Gasteiger charge is -2.49. The Labute approximate surface area is 172 Å². The van der Waals surface area contributed by atoms with E-state index < -0.39 is 59.3 Å². The molecule has 0 aliphatic carbocycles. The number of rotatable bonds is 6. The molecule has 2 aliphatic rings. The normalized spacial score (nSPS) is 21.5. The Morgan fingerprint density at radius 3 is 2.47 bits per heavy atom. The number of benzene rings is 1. The SMILES string of the molecule is NC(C(=O)NC1C(=O)N2C(C(=O)O)=C(CC(F)=C(F)F)CS[C@@H]12)c1ccc(O)cc1. The first-order chi connectivity index (χ1) is 14.1. The number of hydrogen-bond donors (Lipinski definition) is 4. The third-order valence-electron chi connectivity index (χ3n) is 4.66. The highest BCUT2D eigenvalue weighted by Crippen LogP contribution is 2.42. The number of nitrogens with zero attached hydrogens (tertiary/aromatic N) is 1. The van der Waals surface area contributed by atoms with Gasteiger partial charge in [-0.3, -0.25) is 14.5 Å². The number of carboxylic acids is 1. The topological polar surface area (TPSA) is 133 Å². The molecule has 8 nitrogen and oxygen atoms in total. The molecule has 1 saturated heterocycles. The fourth-order valence-corrected chi connectivity index (χ4v) is 4.50. The molecule has 3 atom stereocenters. The number of thioether (sulfide) groups is 1. The van der Waals surface area contributed by atoms with Crippen LogP contribution in [-0.2, 0) is 14.4 Å². The second-order valence-electron chi connectivity index (χ2n) is 6.56. The first-order valence-electron chi connectivity index (χ1n) is 8.56. The van der Waals surface area contributed by atoms with Gasteiger partial charge in [-0.15, -0.1) is 11.8 Å². The van der Waals surface area contributed by atoms with Crippen molar-refractivity contribution < 1.29 is 37.8 Å². The van der Waals surface area contributed by atoms with Gasteiger partial charge in [-0.1, -0.05) is 12.1 Å². The van der Waals surface area contributed by atoms with Gasteiger partial charge in [0.2, 0.25) is 5.91 Å². The van der Waals surface area contributed by atoms with Gasteiger partial charge in [-0.05, 0) is 23.3 Å². The molecule has 2 amide bonds. The number of allylic oxidation sites excluding steroid dienone is 1. The number of carbonyl (C=O) groups is 3. The molecule has 2 unspecified atom stereocenters. The number of nitrogens with two attached hydrogens (primary N) is 1. The first-order valence-corrected chi connectivity index (χ1v) is 9.61. The van der Waals surface area contributed by atoms with E-state index in [1.54, 1.807) is 0 Å². The monoisotopic (exact) mass is 443 g/mol. The standard InChI is InChI=1S/C18H16F3N3O5S/c19-10(14(20)21)5-8-6-30-17-12(16(27)24(17)13(8)18(28)29)23-15(26)11(22)7-1-3-9(25)4-2-7/h1-4,11-12,17,25H,5-6,22H2,(H,23,26)(H,28,29)/t11?,12?,17-/m0/s1. The molecule has 2 heterocycles. The zero-order valence-electron chi connectivity index (χ0n) is 15.1. The van der Waals surface area contributed by atoms with Gasteiger partial charge in [0, 0.05) is 12.2 Å². The number of nitrogens with one attached hydrogen (secondary N) is 1.